The van der Waals surface area contributed by atoms with Crippen molar-refractivity contribution in [2.45, 2.75) is 64.3 Å². The van der Waals surface area contributed by atoms with Gasteiger partial charge in [-0.25, -0.2) is 0 Å². The zero-order valence-electron chi connectivity index (χ0n) is 15.6. The summed E-state index contributed by atoms with van der Waals surface area (Å²) in [5.41, 5.74) is 1.25. The van der Waals surface area contributed by atoms with E-state index in [1.807, 2.05) is 6.07 Å². The van der Waals surface area contributed by atoms with Gasteiger partial charge in [0.15, 0.2) is 6.20 Å². The van der Waals surface area contributed by atoms with Gasteiger partial charge in [0.1, 0.15) is 12.3 Å². The van der Waals surface area contributed by atoms with Gasteiger partial charge in [-0.3, -0.25) is 4.79 Å². The van der Waals surface area contributed by atoms with E-state index < -0.39 is 5.97 Å². The number of methoxy groups -OCH3 is 1. The number of aryl methyl sites for hydroxylation is 1. The second-order valence-electron chi connectivity index (χ2n) is 6.60. The highest BCUT2D eigenvalue weighted by Crippen LogP contribution is 2.18. The zero-order valence-corrected chi connectivity index (χ0v) is 17.2. The first-order valence-electron chi connectivity index (χ1n) is 9.39. The minimum absolute atomic E-state index is 0. The van der Waals surface area contributed by atoms with Gasteiger partial charge in [0.2, 0.25) is 5.52 Å². The first kappa shape index (κ1) is 22.4. The lowest BCUT2D eigenvalue weighted by atomic mass is 10.1. The Bertz CT molecular complexity index is 675. The second kappa shape index (κ2) is 12.7. The standard InChI is InChI=1S/C21H29NO3.BrH/c1-25-19-13-14-20-18(17-19)11-10-16-22(20)15-9-7-5-3-2-4-6-8-12-21(23)24;/h10-11,13-14,16-17H,2-9,12,15H2,1H3;1H. The van der Waals surface area contributed by atoms with E-state index in [9.17, 15) is 4.79 Å². The predicted octanol–water partition coefficient (Wildman–Crippen LogP) is 1.74. The van der Waals surface area contributed by atoms with E-state index in [1.165, 1.54) is 43.0 Å². The normalized spacial score (nSPS) is 10.5. The summed E-state index contributed by atoms with van der Waals surface area (Å²) in [7, 11) is 1.70. The zero-order chi connectivity index (χ0) is 17.9. The van der Waals surface area contributed by atoms with Gasteiger partial charge in [0.25, 0.3) is 0 Å². The van der Waals surface area contributed by atoms with Crippen LogP contribution in [0.1, 0.15) is 57.8 Å². The lowest BCUT2D eigenvalue weighted by Crippen LogP contribution is -3.00. The molecule has 1 N–H and O–H groups in total. The van der Waals surface area contributed by atoms with Gasteiger partial charge in [-0.15, -0.1) is 0 Å². The molecule has 26 heavy (non-hydrogen) atoms. The Morgan fingerprint density at radius 3 is 2.31 bits per heavy atom. The molecule has 1 aromatic heterocycles. The molecule has 0 fully saturated rings. The number of hydrogen-bond acceptors (Lipinski definition) is 2. The van der Waals surface area contributed by atoms with Crippen molar-refractivity contribution in [1.29, 1.82) is 0 Å². The Balaban J connectivity index is 0.00000338. The van der Waals surface area contributed by atoms with E-state index in [2.05, 4.69) is 35.0 Å². The molecule has 0 amide bonds. The number of fused-ring (bicyclic) bond motifs is 1. The van der Waals surface area contributed by atoms with Crippen LogP contribution in [-0.4, -0.2) is 18.2 Å². The number of carboxylic acid groups (broad SMARTS) is 1. The molecular weight excluding hydrogens is 394 g/mol. The number of ether oxygens (including phenoxy) is 1. The van der Waals surface area contributed by atoms with Crippen LogP contribution in [0, 0.1) is 0 Å². The number of halogens is 1. The van der Waals surface area contributed by atoms with E-state index in [-0.39, 0.29) is 17.0 Å². The second-order valence-corrected chi connectivity index (χ2v) is 6.60. The van der Waals surface area contributed by atoms with Crippen LogP contribution >= 0.6 is 0 Å². The SMILES string of the molecule is COc1ccc2c(ccc[n+]2CCCCCCCCCCC(=O)O)c1.[Br-]. The van der Waals surface area contributed by atoms with Gasteiger partial charge in [-0.1, -0.05) is 32.1 Å². The highest BCUT2D eigenvalue weighted by Gasteiger charge is 2.08. The molecule has 0 saturated carbocycles. The fraction of sp³-hybridized carbons (Fsp3) is 0.524. The highest BCUT2D eigenvalue weighted by molar-refractivity contribution is 5.77. The first-order chi connectivity index (χ1) is 12.2. The van der Waals surface area contributed by atoms with Gasteiger partial charge in [-0.05, 0) is 31.0 Å². The molecule has 0 atom stereocenters. The number of nitrogens with zero attached hydrogens (tertiary/aromatic N) is 1. The molecule has 0 spiro atoms. The average molecular weight is 424 g/mol. The molecule has 0 unspecified atom stereocenters. The summed E-state index contributed by atoms with van der Waals surface area (Å²) in [5, 5.41) is 9.80. The lowest BCUT2D eigenvalue weighted by Gasteiger charge is -2.04. The summed E-state index contributed by atoms with van der Waals surface area (Å²) in [6.45, 7) is 1.04. The quantitative estimate of drug-likeness (QED) is 0.417. The maximum absolute atomic E-state index is 10.4. The molecule has 0 aliphatic carbocycles. The van der Waals surface area contributed by atoms with Crippen LogP contribution in [0.15, 0.2) is 36.5 Å². The van der Waals surface area contributed by atoms with E-state index >= 15 is 0 Å². The Kier molecular flexibility index (Phi) is 10.9. The van der Waals surface area contributed by atoms with Gasteiger partial charge in [0.05, 0.1) is 12.5 Å². The third kappa shape index (κ3) is 7.73. The minimum Gasteiger partial charge on any atom is -1.00 e. The summed E-state index contributed by atoms with van der Waals surface area (Å²) < 4.78 is 7.62. The Labute approximate surface area is 167 Å². The summed E-state index contributed by atoms with van der Waals surface area (Å²) in [6, 6.07) is 10.4. The van der Waals surface area contributed by atoms with Crippen molar-refractivity contribution in [1.82, 2.24) is 0 Å². The lowest BCUT2D eigenvalue weighted by molar-refractivity contribution is -0.671. The van der Waals surface area contributed by atoms with Crippen molar-refractivity contribution in [3.63, 3.8) is 0 Å². The summed E-state index contributed by atoms with van der Waals surface area (Å²) in [5.74, 6) is 0.220. The summed E-state index contributed by atoms with van der Waals surface area (Å²) in [4.78, 5) is 10.4. The molecule has 0 radical (unpaired) electrons. The first-order valence-corrected chi connectivity index (χ1v) is 9.39. The molecule has 5 heteroatoms. The molecule has 2 rings (SSSR count). The maximum atomic E-state index is 10.4. The molecule has 0 aliphatic rings. The largest absolute Gasteiger partial charge is 1.00 e. The molecule has 1 aromatic carbocycles. The van der Waals surface area contributed by atoms with Gasteiger partial charge in [-0.2, -0.15) is 4.57 Å². The fourth-order valence-electron chi connectivity index (χ4n) is 3.20. The molecular formula is C21H30BrNO3. The third-order valence-corrected chi connectivity index (χ3v) is 4.63. The molecule has 144 valence electrons. The Hall–Kier alpha value is -1.62. The van der Waals surface area contributed by atoms with Crippen molar-refractivity contribution in [3.8, 4) is 5.75 Å². The number of pyridine rings is 1. The fourth-order valence-corrected chi connectivity index (χ4v) is 3.20. The molecule has 0 aliphatic heterocycles. The average Bonchev–Trinajstić information content (AvgIpc) is 2.62. The number of hydrogen-bond donors (Lipinski definition) is 1. The van der Waals surface area contributed by atoms with Crippen LogP contribution in [0.3, 0.4) is 0 Å². The molecule has 2 aromatic rings. The number of unbranched alkanes of at least 4 members (excludes halogenated alkanes) is 7. The van der Waals surface area contributed by atoms with Crippen LogP contribution < -0.4 is 26.3 Å². The molecule has 4 nitrogen and oxygen atoms in total. The van der Waals surface area contributed by atoms with Crippen LogP contribution in [0.5, 0.6) is 5.75 Å². The number of carbonyl (C=O) groups is 1. The van der Waals surface area contributed by atoms with Crippen LogP contribution in [0.2, 0.25) is 0 Å². The minimum atomic E-state index is -0.677. The maximum Gasteiger partial charge on any atom is 0.303 e. The highest BCUT2D eigenvalue weighted by atomic mass is 79.9. The third-order valence-electron chi connectivity index (χ3n) is 4.63. The van der Waals surface area contributed by atoms with Crippen LogP contribution in [-0.2, 0) is 11.3 Å². The van der Waals surface area contributed by atoms with Gasteiger partial charge < -0.3 is 26.8 Å². The van der Waals surface area contributed by atoms with Gasteiger partial charge >= 0.3 is 5.97 Å². The van der Waals surface area contributed by atoms with E-state index in [0.717, 1.165) is 31.6 Å². The number of benzene rings is 1. The Morgan fingerprint density at radius 2 is 1.65 bits per heavy atom. The number of aliphatic carboxylic acids is 1. The molecule has 1 heterocycles. The predicted molar refractivity (Wildman–Crippen MR) is 99.9 cm³/mol. The van der Waals surface area contributed by atoms with Crippen LogP contribution in [0.4, 0.5) is 0 Å². The van der Waals surface area contributed by atoms with Crippen molar-refractivity contribution in [2.24, 2.45) is 0 Å². The van der Waals surface area contributed by atoms with Gasteiger partial charge in [0, 0.05) is 25.0 Å². The molecule has 0 saturated heterocycles. The van der Waals surface area contributed by atoms with Crippen molar-refractivity contribution in [3.05, 3.63) is 36.5 Å². The van der Waals surface area contributed by atoms with E-state index in [0.29, 0.717) is 6.42 Å². The monoisotopic (exact) mass is 423 g/mol. The topological polar surface area (TPSA) is 50.4 Å². The van der Waals surface area contributed by atoms with E-state index in [1.54, 1.807) is 7.11 Å². The Morgan fingerprint density at radius 1 is 1.00 bits per heavy atom. The van der Waals surface area contributed by atoms with Crippen molar-refractivity contribution in [2.75, 3.05) is 7.11 Å². The molecule has 0 bridgehead atoms. The summed E-state index contributed by atoms with van der Waals surface area (Å²) >= 11 is 0. The van der Waals surface area contributed by atoms with Crippen molar-refractivity contribution < 1.29 is 36.2 Å². The number of carboxylic acids is 1. The number of rotatable bonds is 12. The van der Waals surface area contributed by atoms with Crippen molar-refractivity contribution >= 4 is 16.9 Å². The number of aromatic nitrogens is 1. The smallest absolute Gasteiger partial charge is 0.303 e. The van der Waals surface area contributed by atoms with E-state index in [4.69, 9.17) is 9.84 Å². The van der Waals surface area contributed by atoms with Crippen LogP contribution in [0.25, 0.3) is 10.9 Å². The summed E-state index contributed by atoms with van der Waals surface area (Å²) in [6.07, 6.45) is 11.7.